The lowest BCUT2D eigenvalue weighted by Gasteiger charge is -2.37. The maximum Gasteiger partial charge on any atom is 0.175 e. The number of nitrogens with zero attached hydrogens (tertiary/aromatic N) is 5. The smallest absolute Gasteiger partial charge is 0.175 e. The summed E-state index contributed by atoms with van der Waals surface area (Å²) in [7, 11) is 0. The first-order valence-corrected chi connectivity index (χ1v) is 8.14. The standard InChI is InChI=1S/C16H15ClF3N5O/c1-9(14-13(20)15(17)23-7-22-14)16(26,5-25-8-21-6-24-25)11-3-2-10(18)4-12(11)19/h2-4,6-9,13,15,26H,5H2,1H3. The van der Waals surface area contributed by atoms with Gasteiger partial charge < -0.3 is 5.11 Å². The molecule has 26 heavy (non-hydrogen) atoms. The number of aliphatic imine (C=N–C) groups is 2. The maximum atomic E-state index is 14.5. The highest BCUT2D eigenvalue weighted by molar-refractivity contribution is 6.24. The molecule has 0 spiro atoms. The van der Waals surface area contributed by atoms with Gasteiger partial charge in [0.25, 0.3) is 0 Å². The predicted molar refractivity (Wildman–Crippen MR) is 89.9 cm³/mol. The fraction of sp³-hybridized carbons (Fsp3) is 0.375. The number of hydrogen-bond acceptors (Lipinski definition) is 5. The molecule has 4 unspecified atom stereocenters. The lowest BCUT2D eigenvalue weighted by Crippen LogP contribution is -2.47. The lowest BCUT2D eigenvalue weighted by molar-refractivity contribution is -0.0175. The van der Waals surface area contributed by atoms with Gasteiger partial charge in [0.2, 0.25) is 0 Å². The summed E-state index contributed by atoms with van der Waals surface area (Å²) in [5.41, 5.74) is -3.49. The van der Waals surface area contributed by atoms with Crippen LogP contribution in [0.15, 0.2) is 40.8 Å². The van der Waals surface area contributed by atoms with E-state index in [9.17, 15) is 18.3 Å². The van der Waals surface area contributed by atoms with Crippen LogP contribution in [0, 0.1) is 17.6 Å². The van der Waals surface area contributed by atoms with E-state index in [0.29, 0.717) is 6.07 Å². The van der Waals surface area contributed by atoms with E-state index in [4.69, 9.17) is 11.6 Å². The Morgan fingerprint density at radius 1 is 1.38 bits per heavy atom. The van der Waals surface area contributed by atoms with E-state index < -0.39 is 34.8 Å². The van der Waals surface area contributed by atoms with Crippen molar-refractivity contribution >= 4 is 23.7 Å². The van der Waals surface area contributed by atoms with Gasteiger partial charge in [0.1, 0.15) is 36.2 Å². The van der Waals surface area contributed by atoms with Crippen LogP contribution in [-0.4, -0.2) is 43.6 Å². The molecule has 0 aliphatic carbocycles. The second-order valence-corrected chi connectivity index (χ2v) is 6.40. The minimum absolute atomic E-state index is 0.0914. The van der Waals surface area contributed by atoms with Crippen LogP contribution >= 0.6 is 11.6 Å². The van der Waals surface area contributed by atoms with Gasteiger partial charge in [-0.3, -0.25) is 4.99 Å². The molecule has 1 N–H and O–H groups in total. The lowest BCUT2D eigenvalue weighted by atomic mass is 9.77. The van der Waals surface area contributed by atoms with E-state index in [-0.39, 0.29) is 17.8 Å². The molecule has 3 rings (SSSR count). The summed E-state index contributed by atoms with van der Waals surface area (Å²) in [6.07, 6.45) is 1.89. The average Bonchev–Trinajstić information content (AvgIpc) is 3.09. The minimum Gasteiger partial charge on any atom is -0.382 e. The van der Waals surface area contributed by atoms with Gasteiger partial charge in [-0.2, -0.15) is 5.10 Å². The molecule has 1 aliphatic heterocycles. The van der Waals surface area contributed by atoms with Gasteiger partial charge in [0, 0.05) is 17.5 Å². The molecule has 10 heteroatoms. The Morgan fingerprint density at radius 3 is 2.81 bits per heavy atom. The highest BCUT2D eigenvalue weighted by atomic mass is 35.5. The molecular formula is C16H15ClF3N5O. The van der Waals surface area contributed by atoms with Gasteiger partial charge in [-0.05, 0) is 6.07 Å². The molecule has 1 aliphatic rings. The summed E-state index contributed by atoms with van der Waals surface area (Å²) >= 11 is 5.81. The van der Waals surface area contributed by atoms with Crippen molar-refractivity contribution in [2.75, 3.05) is 0 Å². The largest absolute Gasteiger partial charge is 0.382 e. The Hall–Kier alpha value is -2.26. The molecule has 1 aromatic carbocycles. The summed E-state index contributed by atoms with van der Waals surface area (Å²) in [5.74, 6) is -2.79. The molecule has 138 valence electrons. The van der Waals surface area contributed by atoms with Crippen LogP contribution < -0.4 is 0 Å². The predicted octanol–water partition coefficient (Wildman–Crippen LogP) is 2.47. The maximum absolute atomic E-state index is 14.5. The molecule has 0 saturated carbocycles. The first-order chi connectivity index (χ1) is 12.3. The monoisotopic (exact) mass is 385 g/mol. The summed E-state index contributed by atoms with van der Waals surface area (Å²) in [5, 5.41) is 15.3. The van der Waals surface area contributed by atoms with E-state index in [1.807, 2.05) is 0 Å². The Bertz CT molecular complexity index is 844. The third-order valence-electron chi connectivity index (χ3n) is 4.37. The molecule has 6 nitrogen and oxygen atoms in total. The SMILES string of the molecule is CC(C1=NC=NC(Cl)C1F)C(O)(Cn1cncn1)c1ccc(F)cc1F. The zero-order valence-corrected chi connectivity index (χ0v) is 14.4. The van der Waals surface area contributed by atoms with Crippen molar-refractivity contribution in [3.63, 3.8) is 0 Å². The number of hydrogen-bond donors (Lipinski definition) is 1. The molecule has 2 heterocycles. The minimum atomic E-state index is -1.99. The van der Waals surface area contributed by atoms with E-state index in [2.05, 4.69) is 20.1 Å². The van der Waals surface area contributed by atoms with Gasteiger partial charge in [-0.1, -0.05) is 24.6 Å². The van der Waals surface area contributed by atoms with Crippen molar-refractivity contribution in [1.29, 1.82) is 0 Å². The normalized spacial score (nSPS) is 23.4. The van der Waals surface area contributed by atoms with Crippen LogP contribution in [0.5, 0.6) is 0 Å². The Morgan fingerprint density at radius 2 is 2.15 bits per heavy atom. The Kier molecular flexibility index (Phi) is 5.10. The van der Waals surface area contributed by atoms with Crippen molar-refractivity contribution in [3.05, 3.63) is 48.1 Å². The Balaban J connectivity index is 2.08. The van der Waals surface area contributed by atoms with Crippen LogP contribution in [0.4, 0.5) is 13.2 Å². The molecule has 0 fully saturated rings. The molecule has 0 saturated heterocycles. The van der Waals surface area contributed by atoms with Crippen LogP contribution in [0.1, 0.15) is 12.5 Å². The van der Waals surface area contributed by atoms with Crippen molar-refractivity contribution in [3.8, 4) is 0 Å². The highest BCUT2D eigenvalue weighted by Crippen LogP contribution is 2.36. The van der Waals surface area contributed by atoms with Crippen molar-refractivity contribution in [2.45, 2.75) is 30.7 Å². The van der Waals surface area contributed by atoms with Gasteiger partial charge >= 0.3 is 0 Å². The number of aromatic nitrogens is 3. The second-order valence-electron chi connectivity index (χ2n) is 5.96. The molecule has 1 aromatic heterocycles. The molecule has 0 amide bonds. The van der Waals surface area contributed by atoms with E-state index in [0.717, 1.165) is 18.5 Å². The molecule has 2 aromatic rings. The van der Waals surface area contributed by atoms with Crippen molar-refractivity contribution in [1.82, 2.24) is 14.8 Å². The summed E-state index contributed by atoms with van der Waals surface area (Å²) in [4.78, 5) is 11.3. The van der Waals surface area contributed by atoms with E-state index in [1.54, 1.807) is 0 Å². The number of aliphatic hydroxyl groups is 1. The van der Waals surface area contributed by atoms with E-state index in [1.165, 1.54) is 24.3 Å². The molecular weight excluding hydrogens is 371 g/mol. The Labute approximate surface area is 152 Å². The second kappa shape index (κ2) is 7.16. The topological polar surface area (TPSA) is 75.7 Å². The third kappa shape index (κ3) is 3.36. The van der Waals surface area contributed by atoms with Gasteiger partial charge in [0.15, 0.2) is 11.7 Å². The number of benzene rings is 1. The van der Waals surface area contributed by atoms with Crippen LogP contribution in [0.3, 0.4) is 0 Å². The van der Waals surface area contributed by atoms with Crippen molar-refractivity contribution in [2.24, 2.45) is 15.9 Å². The summed E-state index contributed by atoms with van der Waals surface area (Å²) in [6.45, 7) is 1.22. The van der Waals surface area contributed by atoms with E-state index >= 15 is 0 Å². The van der Waals surface area contributed by atoms with Gasteiger partial charge in [-0.15, -0.1) is 0 Å². The fourth-order valence-corrected chi connectivity index (χ4v) is 3.08. The van der Waals surface area contributed by atoms with Crippen LogP contribution in [-0.2, 0) is 12.1 Å². The molecule has 4 atom stereocenters. The third-order valence-corrected chi connectivity index (χ3v) is 4.70. The number of halogens is 4. The molecule has 0 bridgehead atoms. The quantitative estimate of drug-likeness (QED) is 0.634. The fourth-order valence-electron chi connectivity index (χ4n) is 2.90. The zero-order chi connectivity index (χ0) is 18.9. The molecule has 0 radical (unpaired) electrons. The number of rotatable bonds is 5. The van der Waals surface area contributed by atoms with Gasteiger partial charge in [0.05, 0.1) is 12.3 Å². The van der Waals surface area contributed by atoms with Crippen molar-refractivity contribution < 1.29 is 18.3 Å². The highest BCUT2D eigenvalue weighted by Gasteiger charge is 2.45. The van der Waals surface area contributed by atoms with Gasteiger partial charge in [-0.25, -0.2) is 27.8 Å². The van der Waals surface area contributed by atoms with Crippen LogP contribution in [0.2, 0.25) is 0 Å². The zero-order valence-electron chi connectivity index (χ0n) is 13.6. The number of alkyl halides is 2. The summed E-state index contributed by atoms with van der Waals surface area (Å²) < 4.78 is 43.5. The first kappa shape index (κ1) is 18.5. The summed E-state index contributed by atoms with van der Waals surface area (Å²) in [6, 6.07) is 2.77. The first-order valence-electron chi connectivity index (χ1n) is 7.70. The van der Waals surface area contributed by atoms with Crippen LogP contribution in [0.25, 0.3) is 0 Å². The average molecular weight is 386 g/mol.